The van der Waals surface area contributed by atoms with E-state index in [9.17, 15) is 14.4 Å². The van der Waals surface area contributed by atoms with Crippen LogP contribution in [0.4, 0.5) is 0 Å². The lowest BCUT2D eigenvalue weighted by atomic mass is 10.0. The molecule has 0 saturated carbocycles. The van der Waals surface area contributed by atoms with Gasteiger partial charge in [0.05, 0.1) is 19.0 Å². The van der Waals surface area contributed by atoms with Gasteiger partial charge in [0.2, 0.25) is 5.91 Å². The van der Waals surface area contributed by atoms with Crippen LogP contribution >= 0.6 is 11.3 Å². The average molecular weight is 540 g/mol. The number of carbonyl (C=O) groups is 1. The van der Waals surface area contributed by atoms with Crippen molar-refractivity contribution in [2.45, 2.75) is 52.8 Å². The highest BCUT2D eigenvalue weighted by Crippen LogP contribution is 2.34. The van der Waals surface area contributed by atoms with Crippen molar-refractivity contribution in [3.05, 3.63) is 74.7 Å². The van der Waals surface area contributed by atoms with Crippen LogP contribution in [-0.2, 0) is 21.6 Å². The summed E-state index contributed by atoms with van der Waals surface area (Å²) < 4.78 is 16.0. The Kier molecular flexibility index (Phi) is 7.61. The number of benzene rings is 1. The van der Waals surface area contributed by atoms with E-state index in [0.29, 0.717) is 33.1 Å². The number of amides is 1. The highest BCUT2D eigenvalue weighted by atomic mass is 32.1. The molecule has 0 saturated heterocycles. The molecule has 0 radical (unpaired) electrons. The first-order chi connectivity index (χ1) is 18.0. The van der Waals surface area contributed by atoms with Gasteiger partial charge in [0.1, 0.15) is 27.2 Å². The van der Waals surface area contributed by atoms with Crippen LogP contribution in [0.15, 0.2) is 52.3 Å². The van der Waals surface area contributed by atoms with Crippen LogP contribution in [0.2, 0.25) is 0 Å². The van der Waals surface area contributed by atoms with Crippen LogP contribution < -0.4 is 21.7 Å². The van der Waals surface area contributed by atoms with Crippen molar-refractivity contribution in [3.8, 4) is 10.8 Å². The number of hydrogen-bond donors (Lipinski definition) is 1. The van der Waals surface area contributed by atoms with E-state index >= 15 is 0 Å². The average Bonchev–Trinajstić information content (AvgIpc) is 3.51. The largest absolute Gasteiger partial charge is 0.496 e. The third kappa shape index (κ3) is 4.79. The number of thiophene rings is 1. The molecule has 202 valence electrons. The van der Waals surface area contributed by atoms with Gasteiger partial charge in [-0.25, -0.2) is 14.0 Å². The normalized spacial score (nSPS) is 12.8. The highest BCUT2D eigenvalue weighted by Gasteiger charge is 2.34. The monoisotopic (exact) mass is 539 g/mol. The van der Waals surface area contributed by atoms with Gasteiger partial charge < -0.3 is 15.2 Å². The van der Waals surface area contributed by atoms with E-state index in [2.05, 4.69) is 5.10 Å². The minimum Gasteiger partial charge on any atom is -0.496 e. The van der Waals surface area contributed by atoms with Gasteiger partial charge >= 0.3 is 5.69 Å². The van der Waals surface area contributed by atoms with E-state index in [1.165, 1.54) is 29.8 Å². The first-order valence-electron chi connectivity index (χ1n) is 12.3. The zero-order valence-electron chi connectivity index (χ0n) is 22.4. The number of primary amides is 1. The maximum absolute atomic E-state index is 14.0. The molecule has 3 aromatic heterocycles. The molecule has 0 aliphatic carbocycles. The summed E-state index contributed by atoms with van der Waals surface area (Å²) in [5.74, 6) is 0.0677. The molecule has 10 nitrogen and oxygen atoms in total. The molecule has 1 amide bonds. The smallest absolute Gasteiger partial charge is 0.333 e. The van der Waals surface area contributed by atoms with E-state index in [0.717, 1.165) is 10.1 Å². The molecular formula is C27H33N5O5S. The molecular weight excluding hydrogens is 506 g/mol. The van der Waals surface area contributed by atoms with Crippen LogP contribution in [0.5, 0.6) is 5.75 Å². The number of methoxy groups -OCH3 is 1. The molecule has 3 heterocycles. The van der Waals surface area contributed by atoms with Crippen molar-refractivity contribution >= 4 is 27.5 Å². The molecule has 11 heteroatoms. The van der Waals surface area contributed by atoms with Crippen LogP contribution in [-0.4, -0.2) is 38.5 Å². The van der Waals surface area contributed by atoms with Gasteiger partial charge in [-0.05, 0) is 38.8 Å². The molecule has 0 aliphatic heterocycles. The lowest BCUT2D eigenvalue weighted by Gasteiger charge is -2.26. The summed E-state index contributed by atoms with van der Waals surface area (Å²) in [6.45, 7) is 9.34. The van der Waals surface area contributed by atoms with Crippen molar-refractivity contribution < 1.29 is 14.3 Å². The van der Waals surface area contributed by atoms with Gasteiger partial charge in [0.25, 0.3) is 5.56 Å². The minimum absolute atomic E-state index is 0.0794. The lowest BCUT2D eigenvalue weighted by Crippen LogP contribution is -2.54. The molecule has 0 bridgehead atoms. The Bertz CT molecular complexity index is 1580. The summed E-state index contributed by atoms with van der Waals surface area (Å²) in [7, 11) is 1.58. The summed E-state index contributed by atoms with van der Waals surface area (Å²) in [4.78, 5) is 40.7. The summed E-state index contributed by atoms with van der Waals surface area (Å²) in [6.07, 6.45) is 2.84. The maximum Gasteiger partial charge on any atom is 0.333 e. The van der Waals surface area contributed by atoms with Crippen LogP contribution in [0, 0.1) is 12.8 Å². The molecule has 4 rings (SSSR count). The Labute approximate surface area is 224 Å². The standard InChI is InChI=1S/C27H33N5O5S/c1-16(2)15-37-20(18-10-7-8-11-19(18)36-6)14-30-24-21(17(3)23(38-24)31-13-9-12-29-31)22(33)32(26(30)35)27(4,5)25(28)34/h7-13,16,20H,14-15H2,1-6H3,(H2,28,34)/t20-/m0/s1. The second-order valence-electron chi connectivity index (χ2n) is 10.1. The predicted octanol–water partition coefficient (Wildman–Crippen LogP) is 3.36. The lowest BCUT2D eigenvalue weighted by molar-refractivity contribution is -0.125. The number of aryl methyl sites for hydroxylation is 1. The molecule has 2 N–H and O–H groups in total. The predicted molar refractivity (Wildman–Crippen MR) is 147 cm³/mol. The molecule has 0 fully saturated rings. The molecule has 0 aliphatic rings. The summed E-state index contributed by atoms with van der Waals surface area (Å²) in [6, 6.07) is 9.25. The highest BCUT2D eigenvalue weighted by molar-refractivity contribution is 7.21. The first kappa shape index (κ1) is 27.3. The number of nitrogens with zero attached hydrogens (tertiary/aromatic N) is 4. The van der Waals surface area contributed by atoms with Crippen molar-refractivity contribution in [3.63, 3.8) is 0 Å². The Morgan fingerprint density at radius 1 is 1.18 bits per heavy atom. The second kappa shape index (κ2) is 10.6. The van der Waals surface area contributed by atoms with Crippen molar-refractivity contribution in [2.75, 3.05) is 13.7 Å². The Morgan fingerprint density at radius 3 is 2.50 bits per heavy atom. The SMILES string of the molecule is COc1ccccc1[C@H](Cn1c(=O)n(C(C)(C)C(N)=O)c(=O)c2c(C)c(-n3cccn3)sc21)OCC(C)C. The Balaban J connectivity index is 2.03. The van der Waals surface area contributed by atoms with E-state index in [1.54, 1.807) is 37.2 Å². The fourth-order valence-corrected chi connectivity index (χ4v) is 5.60. The minimum atomic E-state index is -1.57. The van der Waals surface area contributed by atoms with Gasteiger partial charge in [-0.3, -0.25) is 14.2 Å². The Morgan fingerprint density at radius 2 is 1.89 bits per heavy atom. The van der Waals surface area contributed by atoms with Crippen LogP contribution in [0.3, 0.4) is 0 Å². The first-order valence-corrected chi connectivity index (χ1v) is 13.1. The fourth-order valence-electron chi connectivity index (χ4n) is 4.35. The number of para-hydroxylation sites is 1. The fraction of sp³-hybridized carbons (Fsp3) is 0.407. The Hall–Kier alpha value is -3.70. The third-order valence-electron chi connectivity index (χ3n) is 6.53. The van der Waals surface area contributed by atoms with E-state index in [-0.39, 0.29) is 12.5 Å². The number of nitrogens with two attached hydrogens (primary N) is 1. The van der Waals surface area contributed by atoms with E-state index < -0.39 is 28.8 Å². The molecule has 1 atom stereocenters. The van der Waals surface area contributed by atoms with Crippen LogP contribution in [0.1, 0.15) is 44.9 Å². The van der Waals surface area contributed by atoms with Gasteiger partial charge in [0, 0.05) is 30.1 Å². The van der Waals surface area contributed by atoms with Gasteiger partial charge in [-0.15, -0.1) is 0 Å². The van der Waals surface area contributed by atoms with E-state index in [1.807, 2.05) is 38.1 Å². The van der Waals surface area contributed by atoms with Crippen molar-refractivity contribution in [2.24, 2.45) is 11.7 Å². The second-order valence-corrected chi connectivity index (χ2v) is 11.1. The quantitative estimate of drug-likeness (QED) is 0.330. The molecule has 38 heavy (non-hydrogen) atoms. The number of fused-ring (bicyclic) bond motifs is 1. The molecule has 1 aromatic carbocycles. The van der Waals surface area contributed by atoms with Crippen molar-refractivity contribution in [1.82, 2.24) is 18.9 Å². The number of aromatic nitrogens is 4. The number of hydrogen-bond acceptors (Lipinski definition) is 7. The summed E-state index contributed by atoms with van der Waals surface area (Å²) in [5.41, 5.74) is 4.30. The van der Waals surface area contributed by atoms with Crippen molar-refractivity contribution in [1.29, 1.82) is 0 Å². The maximum atomic E-state index is 14.0. The molecule has 0 unspecified atom stereocenters. The van der Waals surface area contributed by atoms with Crippen LogP contribution in [0.25, 0.3) is 15.2 Å². The topological polar surface area (TPSA) is 123 Å². The van der Waals surface area contributed by atoms with Gasteiger partial charge in [-0.2, -0.15) is 5.10 Å². The van der Waals surface area contributed by atoms with E-state index in [4.69, 9.17) is 15.2 Å². The number of rotatable bonds is 10. The summed E-state index contributed by atoms with van der Waals surface area (Å²) in [5, 5.41) is 5.35. The number of ether oxygens (including phenoxy) is 2. The molecule has 0 spiro atoms. The zero-order chi connectivity index (χ0) is 27.8. The van der Waals surface area contributed by atoms with Gasteiger partial charge in [0.15, 0.2) is 0 Å². The van der Waals surface area contributed by atoms with Gasteiger partial charge in [-0.1, -0.05) is 43.4 Å². The number of carbonyl (C=O) groups excluding carboxylic acids is 1. The summed E-state index contributed by atoms with van der Waals surface area (Å²) >= 11 is 1.28. The molecule has 4 aromatic rings. The third-order valence-corrected chi connectivity index (χ3v) is 7.83. The zero-order valence-corrected chi connectivity index (χ0v) is 23.2.